The van der Waals surface area contributed by atoms with Crippen LogP contribution in [0.1, 0.15) is 12.0 Å². The van der Waals surface area contributed by atoms with Gasteiger partial charge in [0.25, 0.3) is 5.69 Å². The van der Waals surface area contributed by atoms with Gasteiger partial charge in [0.15, 0.2) is 14.6 Å². The van der Waals surface area contributed by atoms with Gasteiger partial charge in [0.1, 0.15) is 6.54 Å². The van der Waals surface area contributed by atoms with Gasteiger partial charge in [-0.1, -0.05) is 41.7 Å². The zero-order valence-electron chi connectivity index (χ0n) is 17.0. The zero-order chi connectivity index (χ0) is 23.3. The summed E-state index contributed by atoms with van der Waals surface area (Å²) >= 11 is 0.986. The SMILES string of the molecule is COC(=O)Cn1c(=NC(=O)CCS(=O)(=O)Cc2ccccc2)sc2cc([N+](=O)[O-])ccc21. The average Bonchev–Trinajstić information content (AvgIpc) is 3.08. The lowest BCUT2D eigenvalue weighted by Crippen LogP contribution is -2.23. The summed E-state index contributed by atoms with van der Waals surface area (Å²) < 4.78 is 31.2. The largest absolute Gasteiger partial charge is 0.468 e. The number of rotatable bonds is 8. The third-order valence-electron chi connectivity index (χ3n) is 4.47. The van der Waals surface area contributed by atoms with Crippen molar-refractivity contribution in [3.05, 3.63) is 69.0 Å². The van der Waals surface area contributed by atoms with E-state index in [-0.39, 0.29) is 35.0 Å². The molecule has 1 heterocycles. The van der Waals surface area contributed by atoms with Crippen LogP contribution in [0.5, 0.6) is 0 Å². The number of amides is 1. The third kappa shape index (κ3) is 5.86. The van der Waals surface area contributed by atoms with Crippen LogP contribution in [0.3, 0.4) is 0 Å². The number of nitro benzene ring substituents is 1. The maximum Gasteiger partial charge on any atom is 0.325 e. The second-order valence-corrected chi connectivity index (χ2v) is 9.98. The first-order valence-corrected chi connectivity index (χ1v) is 12.0. The van der Waals surface area contributed by atoms with Crippen LogP contribution >= 0.6 is 11.3 Å². The Bertz CT molecular complexity index is 1340. The molecule has 0 bridgehead atoms. The maximum atomic E-state index is 12.4. The highest BCUT2D eigenvalue weighted by Gasteiger charge is 2.17. The Hall–Kier alpha value is -3.38. The first-order chi connectivity index (χ1) is 15.2. The zero-order valence-corrected chi connectivity index (χ0v) is 18.6. The number of carbonyl (C=O) groups is 2. The van der Waals surface area contributed by atoms with E-state index in [2.05, 4.69) is 9.73 Å². The molecular formula is C20H19N3O7S2. The predicted molar refractivity (Wildman–Crippen MR) is 118 cm³/mol. The summed E-state index contributed by atoms with van der Waals surface area (Å²) in [5.41, 5.74) is 0.946. The minimum atomic E-state index is -3.53. The first kappa shape index (κ1) is 23.3. The number of fused-ring (bicyclic) bond motifs is 1. The topological polar surface area (TPSA) is 138 Å². The molecule has 32 heavy (non-hydrogen) atoms. The number of thiazole rings is 1. The lowest BCUT2D eigenvalue weighted by Gasteiger charge is -2.04. The van der Waals surface area contributed by atoms with E-state index in [1.807, 2.05) is 0 Å². The van der Waals surface area contributed by atoms with Gasteiger partial charge in [-0.25, -0.2) is 8.42 Å². The van der Waals surface area contributed by atoms with Crippen molar-refractivity contribution in [2.75, 3.05) is 12.9 Å². The van der Waals surface area contributed by atoms with Crippen LogP contribution in [0.15, 0.2) is 53.5 Å². The van der Waals surface area contributed by atoms with Crippen molar-refractivity contribution in [1.29, 1.82) is 0 Å². The fourth-order valence-electron chi connectivity index (χ4n) is 2.91. The molecule has 12 heteroatoms. The fourth-order valence-corrected chi connectivity index (χ4v) is 5.32. The maximum absolute atomic E-state index is 12.4. The van der Waals surface area contributed by atoms with Crippen LogP contribution in [0.4, 0.5) is 5.69 Å². The Labute approximate surface area is 186 Å². The van der Waals surface area contributed by atoms with Gasteiger partial charge in [-0.05, 0) is 11.6 Å². The Balaban J connectivity index is 1.86. The Morgan fingerprint density at radius 3 is 2.56 bits per heavy atom. The van der Waals surface area contributed by atoms with Crippen molar-refractivity contribution < 1.29 is 27.7 Å². The molecule has 168 valence electrons. The third-order valence-corrected chi connectivity index (χ3v) is 7.11. The summed E-state index contributed by atoms with van der Waals surface area (Å²) in [6.45, 7) is -0.257. The van der Waals surface area contributed by atoms with E-state index in [1.165, 1.54) is 29.9 Å². The number of ether oxygens (including phenoxy) is 1. The number of methoxy groups -OCH3 is 1. The number of carbonyl (C=O) groups excluding carboxylic acids is 2. The van der Waals surface area contributed by atoms with Crippen molar-refractivity contribution >= 4 is 49.0 Å². The second-order valence-electron chi connectivity index (χ2n) is 6.79. The van der Waals surface area contributed by atoms with Crippen LogP contribution in [0, 0.1) is 10.1 Å². The monoisotopic (exact) mass is 477 g/mol. The molecular weight excluding hydrogens is 458 g/mol. The first-order valence-electron chi connectivity index (χ1n) is 9.35. The van der Waals surface area contributed by atoms with E-state index in [1.54, 1.807) is 30.3 Å². The molecule has 10 nitrogen and oxygen atoms in total. The normalized spacial score (nSPS) is 12.1. The molecule has 0 saturated heterocycles. The van der Waals surface area contributed by atoms with Crippen LogP contribution in [-0.4, -0.2) is 42.6 Å². The molecule has 0 N–H and O–H groups in total. The average molecular weight is 478 g/mol. The molecule has 0 aliphatic heterocycles. The summed E-state index contributed by atoms with van der Waals surface area (Å²) in [6, 6.07) is 12.7. The van der Waals surface area contributed by atoms with Crippen molar-refractivity contribution in [3.8, 4) is 0 Å². The molecule has 1 aromatic heterocycles. The molecule has 3 rings (SSSR count). The van der Waals surface area contributed by atoms with E-state index in [0.29, 0.717) is 15.8 Å². The molecule has 0 aliphatic carbocycles. The molecule has 0 spiro atoms. The lowest BCUT2D eigenvalue weighted by atomic mass is 10.2. The minimum Gasteiger partial charge on any atom is -0.468 e. The number of nitro groups is 1. The van der Waals surface area contributed by atoms with Gasteiger partial charge in [-0.15, -0.1) is 0 Å². The Kier molecular flexibility index (Phi) is 7.15. The van der Waals surface area contributed by atoms with Crippen molar-refractivity contribution in [3.63, 3.8) is 0 Å². The number of non-ortho nitro benzene ring substituents is 1. The second kappa shape index (κ2) is 9.83. The summed E-state index contributed by atoms with van der Waals surface area (Å²) in [7, 11) is -2.32. The summed E-state index contributed by atoms with van der Waals surface area (Å²) in [6.07, 6.45) is -0.332. The van der Waals surface area contributed by atoms with Gasteiger partial charge in [0.05, 0.1) is 33.8 Å². The number of benzene rings is 2. The van der Waals surface area contributed by atoms with Gasteiger partial charge >= 0.3 is 5.97 Å². The van der Waals surface area contributed by atoms with E-state index in [4.69, 9.17) is 0 Å². The minimum absolute atomic E-state index is 0.122. The van der Waals surface area contributed by atoms with Crippen LogP contribution in [-0.2, 0) is 36.5 Å². The van der Waals surface area contributed by atoms with E-state index < -0.39 is 26.6 Å². The summed E-state index contributed by atoms with van der Waals surface area (Å²) in [5, 5.41) is 11.0. The van der Waals surface area contributed by atoms with Gasteiger partial charge in [-0.2, -0.15) is 4.99 Å². The van der Waals surface area contributed by atoms with Crippen molar-refractivity contribution in [2.24, 2.45) is 4.99 Å². The number of nitrogens with zero attached hydrogens (tertiary/aromatic N) is 3. The molecule has 0 atom stereocenters. The van der Waals surface area contributed by atoms with E-state index in [0.717, 1.165) is 11.3 Å². The van der Waals surface area contributed by atoms with E-state index in [9.17, 15) is 28.1 Å². The number of esters is 1. The molecule has 0 fully saturated rings. The molecule has 1 amide bonds. The van der Waals surface area contributed by atoms with Crippen LogP contribution in [0.25, 0.3) is 10.2 Å². The van der Waals surface area contributed by atoms with Crippen molar-refractivity contribution in [2.45, 2.75) is 18.7 Å². The Morgan fingerprint density at radius 2 is 1.91 bits per heavy atom. The van der Waals surface area contributed by atoms with Gasteiger partial charge in [0, 0.05) is 18.6 Å². The highest BCUT2D eigenvalue weighted by Crippen LogP contribution is 2.23. The molecule has 0 aliphatic rings. The van der Waals surface area contributed by atoms with Crippen LogP contribution < -0.4 is 4.80 Å². The molecule has 0 radical (unpaired) electrons. The lowest BCUT2D eigenvalue weighted by molar-refractivity contribution is -0.384. The predicted octanol–water partition coefficient (Wildman–Crippen LogP) is 2.22. The van der Waals surface area contributed by atoms with Gasteiger partial charge < -0.3 is 9.30 Å². The highest BCUT2D eigenvalue weighted by molar-refractivity contribution is 7.90. The molecule has 0 saturated carbocycles. The quantitative estimate of drug-likeness (QED) is 0.275. The fraction of sp³-hybridized carbons (Fsp3) is 0.250. The molecule has 0 unspecified atom stereocenters. The smallest absolute Gasteiger partial charge is 0.325 e. The number of sulfone groups is 1. The Morgan fingerprint density at radius 1 is 1.19 bits per heavy atom. The number of hydrogen-bond donors (Lipinski definition) is 0. The van der Waals surface area contributed by atoms with Crippen molar-refractivity contribution in [1.82, 2.24) is 4.57 Å². The van der Waals surface area contributed by atoms with Gasteiger partial charge in [0.2, 0.25) is 5.91 Å². The van der Waals surface area contributed by atoms with Gasteiger partial charge in [-0.3, -0.25) is 19.7 Å². The van der Waals surface area contributed by atoms with E-state index >= 15 is 0 Å². The molecule has 3 aromatic rings. The summed E-state index contributed by atoms with van der Waals surface area (Å²) in [5.74, 6) is -1.84. The standard InChI is InChI=1S/C20H19N3O7S2/c1-30-19(25)12-22-16-8-7-15(23(26)27)11-17(16)31-20(22)21-18(24)9-10-32(28,29)13-14-5-3-2-4-6-14/h2-8,11H,9-10,12-13H2,1H3. The summed E-state index contributed by atoms with van der Waals surface area (Å²) in [4.78, 5) is 38.8. The highest BCUT2D eigenvalue weighted by atomic mass is 32.2. The number of hydrogen-bond acceptors (Lipinski definition) is 8. The number of aromatic nitrogens is 1. The van der Waals surface area contributed by atoms with Crippen LogP contribution in [0.2, 0.25) is 0 Å². The molecule has 2 aromatic carbocycles.